The lowest BCUT2D eigenvalue weighted by Crippen LogP contribution is -2.18. The van der Waals surface area contributed by atoms with Crippen molar-refractivity contribution in [2.45, 2.75) is 12.6 Å². The second kappa shape index (κ2) is 3.97. The number of benzene rings is 1. The van der Waals surface area contributed by atoms with Crippen LogP contribution in [0.4, 0.5) is 18.9 Å². The number of nitro benzene ring substituents is 1. The normalized spacial score (nSPS) is 14.9. The number of ether oxygens (including phenoxy) is 1. The third-order valence-electron chi connectivity index (χ3n) is 2.47. The Bertz CT molecular complexity index is 521. The van der Waals surface area contributed by atoms with Crippen LogP contribution in [0.3, 0.4) is 0 Å². The number of carbonyl (C=O) groups is 1. The zero-order valence-electron chi connectivity index (χ0n) is 8.78. The molecular formula is C10H6F3NO4. The maximum Gasteiger partial charge on any atom is 0.416 e. The fourth-order valence-corrected chi connectivity index (χ4v) is 1.65. The molecule has 5 nitrogen and oxygen atoms in total. The van der Waals surface area contributed by atoms with Crippen molar-refractivity contribution in [3.8, 4) is 5.75 Å². The van der Waals surface area contributed by atoms with E-state index in [4.69, 9.17) is 4.74 Å². The van der Waals surface area contributed by atoms with Gasteiger partial charge in [0.15, 0.2) is 5.78 Å². The summed E-state index contributed by atoms with van der Waals surface area (Å²) in [5, 5.41) is 10.7. The standard InChI is InChI=1S/C10H6F3NO4/c11-10(12,13)5-3-6-8(15)1-2-18-9(6)7(4-5)14(16)17/h3-4H,1-2H2. The van der Waals surface area contributed by atoms with Crippen molar-refractivity contribution >= 4 is 11.5 Å². The number of ketones is 1. The van der Waals surface area contributed by atoms with Gasteiger partial charge in [-0.25, -0.2) is 0 Å². The van der Waals surface area contributed by atoms with E-state index in [1.165, 1.54) is 0 Å². The van der Waals surface area contributed by atoms with E-state index in [-0.39, 0.29) is 24.3 Å². The quantitative estimate of drug-likeness (QED) is 0.575. The summed E-state index contributed by atoms with van der Waals surface area (Å²) in [6.07, 6.45) is -4.84. The minimum absolute atomic E-state index is 0.0714. The van der Waals surface area contributed by atoms with Crippen molar-refractivity contribution < 1.29 is 27.6 Å². The summed E-state index contributed by atoms with van der Waals surface area (Å²) in [6.45, 7) is -0.0714. The van der Waals surface area contributed by atoms with Gasteiger partial charge in [0.2, 0.25) is 5.75 Å². The first-order chi connectivity index (χ1) is 8.30. The number of hydrogen-bond donors (Lipinski definition) is 0. The fraction of sp³-hybridized carbons (Fsp3) is 0.300. The summed E-state index contributed by atoms with van der Waals surface area (Å²) < 4.78 is 42.6. The zero-order chi connectivity index (χ0) is 13.5. The van der Waals surface area contributed by atoms with E-state index >= 15 is 0 Å². The third-order valence-corrected chi connectivity index (χ3v) is 2.47. The van der Waals surface area contributed by atoms with Gasteiger partial charge in [-0.2, -0.15) is 13.2 Å². The second-order valence-corrected chi connectivity index (χ2v) is 3.65. The third kappa shape index (κ3) is 2.01. The van der Waals surface area contributed by atoms with Crippen LogP contribution in [0.5, 0.6) is 5.75 Å². The topological polar surface area (TPSA) is 69.4 Å². The second-order valence-electron chi connectivity index (χ2n) is 3.65. The molecule has 0 atom stereocenters. The van der Waals surface area contributed by atoms with Crippen LogP contribution in [0.15, 0.2) is 12.1 Å². The lowest BCUT2D eigenvalue weighted by Gasteiger charge is -2.17. The molecule has 0 aliphatic carbocycles. The fourth-order valence-electron chi connectivity index (χ4n) is 1.65. The lowest BCUT2D eigenvalue weighted by molar-refractivity contribution is -0.386. The van der Waals surface area contributed by atoms with Gasteiger partial charge in [-0.1, -0.05) is 0 Å². The summed E-state index contributed by atoms with van der Waals surface area (Å²) in [4.78, 5) is 21.2. The smallest absolute Gasteiger partial charge is 0.416 e. The highest BCUT2D eigenvalue weighted by Gasteiger charge is 2.37. The van der Waals surface area contributed by atoms with Gasteiger partial charge >= 0.3 is 11.9 Å². The van der Waals surface area contributed by atoms with Crippen LogP contribution in [-0.4, -0.2) is 17.3 Å². The van der Waals surface area contributed by atoms with Gasteiger partial charge in [-0.15, -0.1) is 0 Å². The molecule has 2 rings (SSSR count). The zero-order valence-corrected chi connectivity index (χ0v) is 8.78. The first kappa shape index (κ1) is 12.3. The number of rotatable bonds is 1. The number of alkyl halides is 3. The van der Waals surface area contributed by atoms with Crippen LogP contribution >= 0.6 is 0 Å². The summed E-state index contributed by atoms with van der Waals surface area (Å²) in [7, 11) is 0. The van der Waals surface area contributed by atoms with Gasteiger partial charge < -0.3 is 4.74 Å². The van der Waals surface area contributed by atoms with Gasteiger partial charge in [0.05, 0.1) is 22.7 Å². The number of hydrogen-bond acceptors (Lipinski definition) is 4. The Balaban J connectivity index is 2.70. The highest BCUT2D eigenvalue weighted by molar-refractivity contribution is 6.01. The lowest BCUT2D eigenvalue weighted by atomic mass is 10.0. The Morgan fingerprint density at radius 3 is 2.56 bits per heavy atom. The van der Waals surface area contributed by atoms with E-state index in [1.54, 1.807) is 0 Å². The largest absolute Gasteiger partial charge is 0.486 e. The molecule has 0 fully saturated rings. The molecule has 0 unspecified atom stereocenters. The van der Waals surface area contributed by atoms with E-state index in [1.807, 2.05) is 0 Å². The van der Waals surface area contributed by atoms with Crippen molar-refractivity contribution in [3.05, 3.63) is 33.4 Å². The first-order valence-electron chi connectivity index (χ1n) is 4.86. The van der Waals surface area contributed by atoms with Crippen LogP contribution in [0.2, 0.25) is 0 Å². The van der Waals surface area contributed by atoms with E-state index in [0.29, 0.717) is 12.1 Å². The van der Waals surface area contributed by atoms with Crippen molar-refractivity contribution in [2.24, 2.45) is 0 Å². The molecule has 1 aliphatic rings. The van der Waals surface area contributed by atoms with E-state index in [0.717, 1.165) is 0 Å². The maximum absolute atomic E-state index is 12.6. The van der Waals surface area contributed by atoms with Gasteiger partial charge in [0.25, 0.3) is 0 Å². The van der Waals surface area contributed by atoms with Crippen molar-refractivity contribution in [3.63, 3.8) is 0 Å². The molecule has 8 heteroatoms. The summed E-state index contributed by atoms with van der Waals surface area (Å²) in [5.41, 5.74) is -2.46. The Morgan fingerprint density at radius 1 is 1.33 bits per heavy atom. The molecular weight excluding hydrogens is 255 g/mol. The predicted octanol–water partition coefficient (Wildman–Crippen LogP) is 2.58. The molecule has 1 aromatic rings. The molecule has 0 radical (unpaired) electrons. The van der Waals surface area contributed by atoms with Crippen LogP contribution in [-0.2, 0) is 6.18 Å². The first-order valence-corrected chi connectivity index (χ1v) is 4.86. The molecule has 0 saturated heterocycles. The molecule has 18 heavy (non-hydrogen) atoms. The van der Waals surface area contributed by atoms with Crippen LogP contribution in [0.25, 0.3) is 0 Å². The van der Waals surface area contributed by atoms with E-state index in [9.17, 15) is 28.1 Å². The van der Waals surface area contributed by atoms with E-state index < -0.39 is 28.1 Å². The monoisotopic (exact) mass is 261 g/mol. The highest BCUT2D eigenvalue weighted by Crippen LogP contribution is 2.40. The van der Waals surface area contributed by atoms with Gasteiger partial charge in [0, 0.05) is 12.5 Å². The maximum atomic E-state index is 12.6. The molecule has 1 heterocycles. The predicted molar refractivity (Wildman–Crippen MR) is 52.5 cm³/mol. The summed E-state index contributed by atoms with van der Waals surface area (Å²) >= 11 is 0. The minimum Gasteiger partial charge on any atom is -0.486 e. The average molecular weight is 261 g/mol. The van der Waals surface area contributed by atoms with Gasteiger partial charge in [0.1, 0.15) is 0 Å². The van der Waals surface area contributed by atoms with Gasteiger partial charge in [-0.3, -0.25) is 14.9 Å². The molecule has 1 aromatic carbocycles. The number of carbonyl (C=O) groups excluding carboxylic acids is 1. The Kier molecular flexibility index (Phi) is 2.72. The number of halogens is 3. The molecule has 0 saturated carbocycles. The number of nitrogens with zero attached hydrogens (tertiary/aromatic N) is 1. The minimum atomic E-state index is -4.75. The molecule has 0 spiro atoms. The van der Waals surface area contributed by atoms with Crippen LogP contribution in [0.1, 0.15) is 22.3 Å². The molecule has 0 N–H and O–H groups in total. The van der Waals surface area contributed by atoms with Crippen LogP contribution < -0.4 is 4.74 Å². The van der Waals surface area contributed by atoms with Crippen LogP contribution in [0, 0.1) is 10.1 Å². The molecule has 1 aliphatic heterocycles. The van der Waals surface area contributed by atoms with Crippen molar-refractivity contribution in [1.82, 2.24) is 0 Å². The highest BCUT2D eigenvalue weighted by atomic mass is 19.4. The number of Topliss-reactive ketones (excluding diaryl/α,β-unsaturated/α-hetero) is 1. The number of nitro groups is 1. The SMILES string of the molecule is O=C1CCOc2c1cc(C(F)(F)F)cc2[N+](=O)[O-]. The number of fused-ring (bicyclic) bond motifs is 1. The molecule has 0 amide bonds. The summed E-state index contributed by atoms with van der Waals surface area (Å²) in [5.74, 6) is -0.977. The van der Waals surface area contributed by atoms with Crippen molar-refractivity contribution in [2.75, 3.05) is 6.61 Å². The van der Waals surface area contributed by atoms with Gasteiger partial charge in [-0.05, 0) is 6.07 Å². The Hall–Kier alpha value is -2.12. The Morgan fingerprint density at radius 2 is 2.00 bits per heavy atom. The molecule has 0 aromatic heterocycles. The Labute approximate surface area is 98.3 Å². The van der Waals surface area contributed by atoms with Crippen molar-refractivity contribution in [1.29, 1.82) is 0 Å². The average Bonchev–Trinajstić information content (AvgIpc) is 2.27. The summed E-state index contributed by atoms with van der Waals surface area (Å²) in [6, 6.07) is 0.960. The molecule has 0 bridgehead atoms. The van der Waals surface area contributed by atoms with E-state index in [2.05, 4.69) is 0 Å². The molecule has 96 valence electrons.